The number of halogens is 1. The van der Waals surface area contributed by atoms with Crippen LogP contribution in [0.4, 0.5) is 0 Å². The zero-order chi connectivity index (χ0) is 18.6. The Bertz CT molecular complexity index is 551. The highest BCUT2D eigenvalue weighted by atomic mass is 35.5. The lowest BCUT2D eigenvalue weighted by Gasteiger charge is -2.22. The number of nitrogens with one attached hydrogen (secondary N) is 1. The molecule has 1 aromatic rings. The van der Waals surface area contributed by atoms with Gasteiger partial charge in [0.1, 0.15) is 12.4 Å². The van der Waals surface area contributed by atoms with Crippen molar-refractivity contribution in [2.45, 2.75) is 12.8 Å². The fourth-order valence-electron chi connectivity index (χ4n) is 2.69. The molecule has 1 aliphatic heterocycles. The van der Waals surface area contributed by atoms with Crippen molar-refractivity contribution in [2.75, 3.05) is 60.2 Å². The van der Waals surface area contributed by atoms with Crippen molar-refractivity contribution >= 4 is 17.6 Å². The quantitative estimate of drug-likeness (QED) is 0.382. The molecule has 0 aromatic heterocycles. The lowest BCUT2D eigenvalue weighted by molar-refractivity contribution is 0.0887. The Kier molecular flexibility index (Phi) is 9.60. The lowest BCUT2D eigenvalue weighted by Crippen LogP contribution is -2.41. The van der Waals surface area contributed by atoms with Crippen LogP contribution in [0.15, 0.2) is 29.3 Å². The van der Waals surface area contributed by atoms with Gasteiger partial charge in [-0.25, -0.2) is 0 Å². The van der Waals surface area contributed by atoms with Crippen molar-refractivity contribution in [2.24, 2.45) is 10.9 Å². The van der Waals surface area contributed by atoms with Gasteiger partial charge >= 0.3 is 0 Å². The first-order valence-corrected chi connectivity index (χ1v) is 9.52. The second-order valence-corrected chi connectivity index (χ2v) is 6.80. The summed E-state index contributed by atoms with van der Waals surface area (Å²) in [5, 5.41) is 4.03. The molecule has 0 spiro atoms. The van der Waals surface area contributed by atoms with Crippen LogP contribution in [0.1, 0.15) is 12.8 Å². The fraction of sp³-hybridized carbons (Fsp3) is 0.632. The van der Waals surface area contributed by atoms with E-state index in [0.717, 1.165) is 64.1 Å². The van der Waals surface area contributed by atoms with Gasteiger partial charge in [0.05, 0.1) is 19.8 Å². The molecule has 0 bridgehead atoms. The predicted molar refractivity (Wildman–Crippen MR) is 105 cm³/mol. The summed E-state index contributed by atoms with van der Waals surface area (Å²) < 4.78 is 16.8. The van der Waals surface area contributed by atoms with E-state index in [9.17, 15) is 0 Å². The average Bonchev–Trinajstić information content (AvgIpc) is 3.14. The monoisotopic (exact) mass is 383 g/mol. The Hall–Kier alpha value is -1.50. The normalized spacial score (nSPS) is 17.3. The van der Waals surface area contributed by atoms with Crippen LogP contribution in [0.3, 0.4) is 0 Å². The SMILES string of the molecule is CN=C(NCCCOCC1CCOC1)N(C)CCOc1cccc(Cl)c1. The highest BCUT2D eigenvalue weighted by Gasteiger charge is 2.15. The van der Waals surface area contributed by atoms with E-state index in [-0.39, 0.29) is 0 Å². The number of hydrogen-bond donors (Lipinski definition) is 1. The van der Waals surface area contributed by atoms with Crippen LogP contribution in [0.2, 0.25) is 5.02 Å². The molecule has 1 saturated heterocycles. The lowest BCUT2D eigenvalue weighted by atomic mass is 10.1. The summed E-state index contributed by atoms with van der Waals surface area (Å²) in [6.45, 7) is 5.38. The Morgan fingerprint density at radius 2 is 2.31 bits per heavy atom. The van der Waals surface area contributed by atoms with Crippen LogP contribution < -0.4 is 10.1 Å². The largest absolute Gasteiger partial charge is 0.492 e. The molecule has 0 saturated carbocycles. The number of rotatable bonds is 10. The Labute approximate surface area is 161 Å². The van der Waals surface area contributed by atoms with E-state index in [4.69, 9.17) is 25.8 Å². The molecule has 7 heteroatoms. The Morgan fingerprint density at radius 3 is 3.04 bits per heavy atom. The summed E-state index contributed by atoms with van der Waals surface area (Å²) in [6.07, 6.45) is 2.06. The zero-order valence-corrected chi connectivity index (χ0v) is 16.5. The van der Waals surface area contributed by atoms with Crippen LogP contribution in [-0.2, 0) is 9.47 Å². The second-order valence-electron chi connectivity index (χ2n) is 6.36. The number of aliphatic imine (C=N–C) groups is 1. The minimum atomic E-state index is 0.560. The molecule has 1 heterocycles. The molecule has 146 valence electrons. The Balaban J connectivity index is 1.55. The summed E-state index contributed by atoms with van der Waals surface area (Å²) in [5.74, 6) is 2.20. The van der Waals surface area contributed by atoms with Crippen LogP contribution in [0.5, 0.6) is 5.75 Å². The molecule has 1 unspecified atom stereocenters. The van der Waals surface area contributed by atoms with E-state index < -0.39 is 0 Å². The van der Waals surface area contributed by atoms with Crippen molar-refractivity contribution in [3.63, 3.8) is 0 Å². The third-order valence-corrected chi connectivity index (χ3v) is 4.43. The van der Waals surface area contributed by atoms with E-state index in [1.807, 2.05) is 36.2 Å². The van der Waals surface area contributed by atoms with Gasteiger partial charge < -0.3 is 24.4 Å². The molecule has 0 amide bonds. The van der Waals surface area contributed by atoms with E-state index in [1.54, 1.807) is 7.05 Å². The number of guanidine groups is 1. The van der Waals surface area contributed by atoms with Gasteiger partial charge in [-0.1, -0.05) is 17.7 Å². The molecule has 0 radical (unpaired) electrons. The maximum atomic E-state index is 5.95. The number of likely N-dealkylation sites (N-methyl/N-ethyl adjacent to an activating group) is 1. The van der Waals surface area contributed by atoms with Crippen molar-refractivity contribution < 1.29 is 14.2 Å². The first kappa shape index (κ1) is 20.8. The zero-order valence-electron chi connectivity index (χ0n) is 15.7. The highest BCUT2D eigenvalue weighted by Crippen LogP contribution is 2.16. The van der Waals surface area contributed by atoms with E-state index in [0.29, 0.717) is 17.5 Å². The molecule has 1 fully saturated rings. The van der Waals surface area contributed by atoms with E-state index in [2.05, 4.69) is 10.3 Å². The van der Waals surface area contributed by atoms with Gasteiger partial charge in [0.15, 0.2) is 5.96 Å². The van der Waals surface area contributed by atoms with Crippen molar-refractivity contribution in [1.29, 1.82) is 0 Å². The number of hydrogen-bond acceptors (Lipinski definition) is 4. The van der Waals surface area contributed by atoms with Gasteiger partial charge in [-0.2, -0.15) is 0 Å². The summed E-state index contributed by atoms with van der Waals surface area (Å²) in [6, 6.07) is 7.42. The molecule has 1 aliphatic rings. The standard InChI is InChI=1S/C19H30ClN3O3/c1-21-19(22-8-4-10-24-14-16-7-11-25-15-16)23(2)9-12-26-18-6-3-5-17(20)13-18/h3,5-6,13,16H,4,7-12,14-15H2,1-2H3,(H,21,22). The van der Waals surface area contributed by atoms with E-state index >= 15 is 0 Å². The van der Waals surface area contributed by atoms with Gasteiger partial charge in [-0.3, -0.25) is 4.99 Å². The Morgan fingerprint density at radius 1 is 1.42 bits per heavy atom. The third kappa shape index (κ3) is 7.81. The summed E-state index contributed by atoms with van der Waals surface area (Å²) in [4.78, 5) is 6.35. The molecule has 1 N–H and O–H groups in total. The van der Waals surface area contributed by atoms with Gasteiger partial charge in [0, 0.05) is 44.8 Å². The van der Waals surface area contributed by atoms with Gasteiger partial charge in [0.2, 0.25) is 0 Å². The van der Waals surface area contributed by atoms with Crippen LogP contribution >= 0.6 is 11.6 Å². The average molecular weight is 384 g/mol. The molecule has 0 aliphatic carbocycles. The van der Waals surface area contributed by atoms with Gasteiger partial charge in [0.25, 0.3) is 0 Å². The third-order valence-electron chi connectivity index (χ3n) is 4.19. The van der Waals surface area contributed by atoms with Crippen LogP contribution in [0, 0.1) is 5.92 Å². The van der Waals surface area contributed by atoms with Crippen molar-refractivity contribution in [3.8, 4) is 5.75 Å². The summed E-state index contributed by atoms with van der Waals surface area (Å²) >= 11 is 5.95. The molecular formula is C19H30ClN3O3. The number of benzene rings is 1. The summed E-state index contributed by atoms with van der Waals surface area (Å²) in [5.41, 5.74) is 0. The summed E-state index contributed by atoms with van der Waals surface area (Å²) in [7, 11) is 3.78. The topological polar surface area (TPSA) is 55.3 Å². The van der Waals surface area contributed by atoms with Crippen molar-refractivity contribution in [1.82, 2.24) is 10.2 Å². The minimum absolute atomic E-state index is 0.560. The smallest absolute Gasteiger partial charge is 0.193 e. The second kappa shape index (κ2) is 12.0. The van der Waals surface area contributed by atoms with Crippen molar-refractivity contribution in [3.05, 3.63) is 29.3 Å². The van der Waals surface area contributed by atoms with Gasteiger partial charge in [-0.05, 0) is 31.0 Å². The maximum Gasteiger partial charge on any atom is 0.193 e. The molecule has 1 aromatic carbocycles. The fourth-order valence-corrected chi connectivity index (χ4v) is 2.87. The number of ether oxygens (including phenoxy) is 3. The highest BCUT2D eigenvalue weighted by molar-refractivity contribution is 6.30. The first-order valence-electron chi connectivity index (χ1n) is 9.14. The molecular weight excluding hydrogens is 354 g/mol. The van der Waals surface area contributed by atoms with Crippen LogP contribution in [-0.4, -0.2) is 71.1 Å². The van der Waals surface area contributed by atoms with E-state index in [1.165, 1.54) is 0 Å². The predicted octanol–water partition coefficient (Wildman–Crippen LogP) is 2.67. The molecule has 6 nitrogen and oxygen atoms in total. The number of nitrogens with zero attached hydrogens (tertiary/aromatic N) is 2. The maximum absolute atomic E-state index is 5.95. The first-order chi connectivity index (χ1) is 12.7. The minimum Gasteiger partial charge on any atom is -0.492 e. The van der Waals surface area contributed by atoms with Gasteiger partial charge in [-0.15, -0.1) is 0 Å². The molecule has 1 atom stereocenters. The molecule has 26 heavy (non-hydrogen) atoms. The molecule has 2 rings (SSSR count). The van der Waals surface area contributed by atoms with Crippen LogP contribution in [0.25, 0.3) is 0 Å².